The molecule has 1 N–H and O–H groups in total. The molecule has 0 amide bonds. The van der Waals surface area contributed by atoms with Crippen LogP contribution in [-0.4, -0.2) is 29.5 Å². The van der Waals surface area contributed by atoms with Crippen molar-refractivity contribution in [2.24, 2.45) is 7.05 Å². The Morgan fingerprint density at radius 1 is 1.14 bits per heavy atom. The van der Waals surface area contributed by atoms with Crippen LogP contribution in [0.1, 0.15) is 0 Å². The summed E-state index contributed by atoms with van der Waals surface area (Å²) in [6.45, 7) is 0. The minimum absolute atomic E-state index is 0.254. The largest absolute Gasteiger partial charge is 0.573 e. The van der Waals surface area contributed by atoms with E-state index in [9.17, 15) is 21.6 Å². The van der Waals surface area contributed by atoms with Crippen molar-refractivity contribution in [2.75, 3.05) is 4.72 Å². The third-order valence-corrected chi connectivity index (χ3v) is 5.77. The molecular weight excluding hydrogens is 417 g/mol. The average molecular weight is 430 g/mol. The van der Waals surface area contributed by atoms with Crippen LogP contribution in [0.2, 0.25) is 0 Å². The zero-order chi connectivity index (χ0) is 20.4. The van der Waals surface area contributed by atoms with E-state index < -0.39 is 22.1 Å². The number of nitrogens with zero attached hydrogens (tertiary/aromatic N) is 3. The van der Waals surface area contributed by atoms with Gasteiger partial charge in [-0.25, -0.2) is 8.42 Å². The first-order valence-corrected chi connectivity index (χ1v) is 9.93. The molecule has 12 heteroatoms. The molecule has 0 aliphatic rings. The summed E-state index contributed by atoms with van der Waals surface area (Å²) in [5.74, 6) is -0.620. The number of aromatic nitrogens is 3. The highest BCUT2D eigenvalue weighted by atomic mass is 32.2. The molecule has 0 radical (unpaired) electrons. The van der Waals surface area contributed by atoms with Gasteiger partial charge in [-0.05, 0) is 48.2 Å². The monoisotopic (exact) mass is 430 g/mol. The van der Waals surface area contributed by atoms with Gasteiger partial charge in [0.05, 0.1) is 4.90 Å². The summed E-state index contributed by atoms with van der Waals surface area (Å²) in [5, 5.41) is 8.37. The van der Waals surface area contributed by atoms with Crippen molar-refractivity contribution in [3.8, 4) is 5.75 Å². The molecule has 1 heterocycles. The van der Waals surface area contributed by atoms with Gasteiger partial charge in [-0.2, -0.15) is 0 Å². The zero-order valence-electron chi connectivity index (χ0n) is 14.2. The van der Waals surface area contributed by atoms with E-state index in [2.05, 4.69) is 19.7 Å². The lowest BCUT2D eigenvalue weighted by Crippen LogP contribution is -2.18. The molecule has 1 aromatic heterocycles. The quantitative estimate of drug-likeness (QED) is 0.642. The van der Waals surface area contributed by atoms with Gasteiger partial charge in [-0.1, -0.05) is 6.07 Å². The van der Waals surface area contributed by atoms with Crippen molar-refractivity contribution < 1.29 is 26.3 Å². The second-order valence-corrected chi connectivity index (χ2v) is 8.20. The van der Waals surface area contributed by atoms with Crippen LogP contribution in [0, 0.1) is 0 Å². The Morgan fingerprint density at radius 3 is 2.46 bits per heavy atom. The molecule has 0 unspecified atom stereocenters. The van der Waals surface area contributed by atoms with Gasteiger partial charge in [0.25, 0.3) is 10.0 Å². The minimum atomic E-state index is -4.91. The Bertz CT molecular complexity index is 1070. The van der Waals surface area contributed by atoms with Crippen molar-refractivity contribution in [1.82, 2.24) is 14.8 Å². The molecule has 0 fully saturated rings. The standard InChI is InChI=1S/C16H13F3N4O3S2/c1-23-10-20-21-15(23)27-13-7-5-11(6-8-13)22-28(24,25)14-4-2-3-12(9-14)26-16(17,18)19/h2-10,22H,1H3. The highest BCUT2D eigenvalue weighted by molar-refractivity contribution is 7.99. The fraction of sp³-hybridized carbons (Fsp3) is 0.125. The second kappa shape index (κ2) is 7.72. The predicted octanol–water partition coefficient (Wildman–Crippen LogP) is 3.67. The molecule has 0 atom stereocenters. The van der Waals surface area contributed by atoms with E-state index in [1.54, 1.807) is 30.1 Å². The molecular formula is C16H13F3N4O3S2. The Hall–Kier alpha value is -2.73. The number of hydrogen-bond acceptors (Lipinski definition) is 6. The molecule has 7 nitrogen and oxygen atoms in total. The van der Waals surface area contributed by atoms with Crippen LogP contribution < -0.4 is 9.46 Å². The molecule has 0 aliphatic heterocycles. The van der Waals surface area contributed by atoms with Gasteiger partial charge in [0.2, 0.25) is 0 Å². The van der Waals surface area contributed by atoms with Crippen LogP contribution in [0.3, 0.4) is 0 Å². The smallest absolute Gasteiger partial charge is 0.406 e. The number of sulfonamides is 1. The van der Waals surface area contributed by atoms with E-state index in [1.807, 2.05) is 0 Å². The number of halogens is 3. The molecule has 0 saturated heterocycles. The Balaban J connectivity index is 1.73. The van der Waals surface area contributed by atoms with E-state index in [-0.39, 0.29) is 10.6 Å². The normalized spacial score (nSPS) is 12.0. The van der Waals surface area contributed by atoms with Crippen LogP contribution in [0.25, 0.3) is 0 Å². The summed E-state index contributed by atoms with van der Waals surface area (Å²) < 4.78 is 69.6. The maximum absolute atomic E-state index is 12.4. The first-order chi connectivity index (χ1) is 13.1. The molecule has 148 valence electrons. The maximum atomic E-state index is 12.4. The first-order valence-electron chi connectivity index (χ1n) is 7.63. The molecule has 0 aliphatic carbocycles. The van der Waals surface area contributed by atoms with Gasteiger partial charge in [0.15, 0.2) is 5.16 Å². The Kier molecular flexibility index (Phi) is 5.52. The van der Waals surface area contributed by atoms with Crippen molar-refractivity contribution >= 4 is 27.5 Å². The number of ether oxygens (including phenoxy) is 1. The summed E-state index contributed by atoms with van der Waals surface area (Å²) in [6, 6.07) is 10.6. The van der Waals surface area contributed by atoms with Crippen molar-refractivity contribution in [2.45, 2.75) is 21.3 Å². The number of nitrogens with one attached hydrogen (secondary N) is 1. The maximum Gasteiger partial charge on any atom is 0.573 e. The van der Waals surface area contributed by atoms with Gasteiger partial charge < -0.3 is 9.30 Å². The molecule has 3 rings (SSSR count). The summed E-state index contributed by atoms with van der Waals surface area (Å²) in [4.78, 5) is 0.450. The second-order valence-electron chi connectivity index (χ2n) is 5.48. The van der Waals surface area contributed by atoms with Gasteiger partial charge in [-0.15, -0.1) is 23.4 Å². The molecule has 0 spiro atoms. The van der Waals surface area contributed by atoms with E-state index >= 15 is 0 Å². The fourth-order valence-corrected chi connectivity index (χ4v) is 3.97. The fourth-order valence-electron chi connectivity index (χ4n) is 2.11. The van der Waals surface area contributed by atoms with E-state index in [1.165, 1.54) is 30.0 Å². The van der Waals surface area contributed by atoms with Crippen molar-refractivity contribution in [1.29, 1.82) is 0 Å². The first kappa shape index (κ1) is 20.0. The summed E-state index contributed by atoms with van der Waals surface area (Å²) >= 11 is 1.34. The van der Waals surface area contributed by atoms with Gasteiger partial charge in [0.1, 0.15) is 12.1 Å². The predicted molar refractivity (Wildman–Crippen MR) is 95.5 cm³/mol. The number of aryl methyl sites for hydroxylation is 1. The summed E-state index contributed by atoms with van der Waals surface area (Å²) in [5.41, 5.74) is 0.254. The lowest BCUT2D eigenvalue weighted by atomic mass is 10.3. The Labute approximate surface area is 162 Å². The molecule has 2 aromatic carbocycles. The molecule has 28 heavy (non-hydrogen) atoms. The lowest BCUT2D eigenvalue weighted by molar-refractivity contribution is -0.274. The topological polar surface area (TPSA) is 86.1 Å². The molecule has 0 bridgehead atoms. The van der Waals surface area contributed by atoms with Gasteiger partial charge in [0, 0.05) is 23.7 Å². The summed E-state index contributed by atoms with van der Waals surface area (Å²) in [6.07, 6.45) is -3.35. The third-order valence-electron chi connectivity index (χ3n) is 3.33. The van der Waals surface area contributed by atoms with Crippen LogP contribution in [0.4, 0.5) is 18.9 Å². The summed E-state index contributed by atoms with van der Waals surface area (Å²) in [7, 11) is -2.30. The van der Waals surface area contributed by atoms with Crippen molar-refractivity contribution in [3.05, 3.63) is 54.9 Å². The third kappa shape index (κ3) is 5.16. The number of rotatable bonds is 6. The van der Waals surface area contributed by atoms with E-state index in [0.717, 1.165) is 23.1 Å². The van der Waals surface area contributed by atoms with Crippen molar-refractivity contribution in [3.63, 3.8) is 0 Å². The minimum Gasteiger partial charge on any atom is -0.406 e. The van der Waals surface area contributed by atoms with Gasteiger partial charge >= 0.3 is 6.36 Å². The highest BCUT2D eigenvalue weighted by Crippen LogP contribution is 2.28. The number of anilines is 1. The van der Waals surface area contributed by atoms with Crippen LogP contribution in [0.5, 0.6) is 5.75 Å². The van der Waals surface area contributed by atoms with E-state index in [4.69, 9.17) is 0 Å². The molecule has 0 saturated carbocycles. The van der Waals surface area contributed by atoms with Gasteiger partial charge in [-0.3, -0.25) is 4.72 Å². The number of alkyl halides is 3. The SMILES string of the molecule is Cn1cnnc1Sc1ccc(NS(=O)(=O)c2cccc(OC(F)(F)F)c2)cc1. The van der Waals surface area contributed by atoms with E-state index in [0.29, 0.717) is 5.16 Å². The average Bonchev–Trinajstić information content (AvgIpc) is 3.00. The van der Waals surface area contributed by atoms with Crippen LogP contribution in [-0.2, 0) is 17.1 Å². The highest BCUT2D eigenvalue weighted by Gasteiger charge is 2.31. The van der Waals surface area contributed by atoms with Crippen LogP contribution in [0.15, 0.2) is 69.8 Å². The number of benzene rings is 2. The number of hydrogen-bond donors (Lipinski definition) is 1. The Morgan fingerprint density at radius 2 is 1.86 bits per heavy atom. The molecule has 3 aromatic rings. The van der Waals surface area contributed by atoms with Crippen LogP contribution >= 0.6 is 11.8 Å². The zero-order valence-corrected chi connectivity index (χ0v) is 15.8. The lowest BCUT2D eigenvalue weighted by Gasteiger charge is -2.12.